The zero-order valence-corrected chi connectivity index (χ0v) is 15.2. The average Bonchev–Trinajstić information content (AvgIpc) is 2.54. The maximum absolute atomic E-state index is 12.3. The molecule has 4 heteroatoms. The molecule has 0 saturated heterocycles. The van der Waals surface area contributed by atoms with E-state index in [1.165, 1.54) is 6.42 Å². The summed E-state index contributed by atoms with van der Waals surface area (Å²) in [7, 11) is 0. The van der Waals surface area contributed by atoms with Crippen LogP contribution in [-0.2, 0) is 20.7 Å². The highest BCUT2D eigenvalue weighted by Crippen LogP contribution is 2.29. The van der Waals surface area contributed by atoms with Crippen molar-refractivity contribution >= 4 is 11.9 Å². The third-order valence-electron chi connectivity index (χ3n) is 5.18. The van der Waals surface area contributed by atoms with E-state index in [-0.39, 0.29) is 24.3 Å². The Hall–Kier alpha value is -1.84. The minimum atomic E-state index is -0.757. The summed E-state index contributed by atoms with van der Waals surface area (Å²) in [6.07, 6.45) is 2.79. The Morgan fingerprint density at radius 1 is 1.21 bits per heavy atom. The van der Waals surface area contributed by atoms with Gasteiger partial charge in [-0.1, -0.05) is 56.5 Å². The molecule has 2 rings (SSSR count). The van der Waals surface area contributed by atoms with Gasteiger partial charge in [-0.15, -0.1) is 0 Å². The van der Waals surface area contributed by atoms with E-state index in [1.807, 2.05) is 31.2 Å². The van der Waals surface area contributed by atoms with E-state index < -0.39 is 6.10 Å². The Morgan fingerprint density at radius 3 is 2.54 bits per heavy atom. The molecule has 1 N–H and O–H groups in total. The van der Waals surface area contributed by atoms with Crippen LogP contribution in [0.15, 0.2) is 24.3 Å². The minimum Gasteiger partial charge on any atom is -0.452 e. The fraction of sp³-hybridized carbons (Fsp3) is 0.600. The lowest BCUT2D eigenvalue weighted by Gasteiger charge is -2.35. The number of carbonyl (C=O) groups is 2. The molecular formula is C20H29NO3. The Labute approximate surface area is 145 Å². The second-order valence-corrected chi connectivity index (χ2v) is 7.18. The van der Waals surface area contributed by atoms with Gasteiger partial charge in [0.25, 0.3) is 5.91 Å². The smallest absolute Gasteiger partial charge is 0.311 e. The van der Waals surface area contributed by atoms with Crippen LogP contribution in [0.2, 0.25) is 0 Å². The predicted molar refractivity (Wildman–Crippen MR) is 94.5 cm³/mol. The maximum atomic E-state index is 12.3. The molecule has 0 radical (unpaired) electrons. The number of rotatable bonds is 5. The molecule has 1 fully saturated rings. The summed E-state index contributed by atoms with van der Waals surface area (Å²) in [5.41, 5.74) is 2.05. The van der Waals surface area contributed by atoms with Crippen LogP contribution < -0.4 is 5.32 Å². The summed E-state index contributed by atoms with van der Waals surface area (Å²) >= 11 is 0. The van der Waals surface area contributed by atoms with Crippen molar-refractivity contribution in [1.82, 2.24) is 5.32 Å². The van der Waals surface area contributed by atoms with Crippen molar-refractivity contribution in [2.45, 2.75) is 65.5 Å². The SMILES string of the molecule is Cc1ccc(CC(=O)O[C@@H](C)C(=O)N[C@H]2CCC[C@H](C)[C@@H]2C)cc1. The molecule has 0 aliphatic heterocycles. The Morgan fingerprint density at radius 2 is 1.88 bits per heavy atom. The van der Waals surface area contributed by atoms with Crippen molar-refractivity contribution in [2.24, 2.45) is 11.8 Å². The first-order valence-corrected chi connectivity index (χ1v) is 8.92. The van der Waals surface area contributed by atoms with Crippen LogP contribution in [0.25, 0.3) is 0 Å². The van der Waals surface area contributed by atoms with Crippen LogP contribution in [-0.4, -0.2) is 24.0 Å². The van der Waals surface area contributed by atoms with E-state index in [0.29, 0.717) is 11.8 Å². The van der Waals surface area contributed by atoms with Crippen molar-refractivity contribution in [3.05, 3.63) is 35.4 Å². The molecule has 1 aliphatic carbocycles. The summed E-state index contributed by atoms with van der Waals surface area (Å²) in [5.74, 6) is 0.506. The summed E-state index contributed by atoms with van der Waals surface area (Å²) in [6.45, 7) is 8.05. The monoisotopic (exact) mass is 331 g/mol. The molecule has 0 bridgehead atoms. The number of ether oxygens (including phenoxy) is 1. The highest BCUT2D eigenvalue weighted by molar-refractivity contribution is 5.84. The number of benzene rings is 1. The van der Waals surface area contributed by atoms with E-state index >= 15 is 0 Å². The first-order chi connectivity index (χ1) is 11.4. The maximum Gasteiger partial charge on any atom is 0.311 e. The van der Waals surface area contributed by atoms with Crippen LogP contribution in [0, 0.1) is 18.8 Å². The van der Waals surface area contributed by atoms with Gasteiger partial charge in [-0.2, -0.15) is 0 Å². The third-order valence-corrected chi connectivity index (χ3v) is 5.18. The minimum absolute atomic E-state index is 0.180. The molecule has 1 aliphatic rings. The second-order valence-electron chi connectivity index (χ2n) is 7.18. The third kappa shape index (κ3) is 5.08. The lowest BCUT2D eigenvalue weighted by atomic mass is 9.78. The van der Waals surface area contributed by atoms with Gasteiger partial charge in [0, 0.05) is 6.04 Å². The van der Waals surface area contributed by atoms with E-state index in [2.05, 4.69) is 19.2 Å². The van der Waals surface area contributed by atoms with Gasteiger partial charge in [-0.05, 0) is 37.7 Å². The molecule has 0 spiro atoms. The van der Waals surface area contributed by atoms with E-state index in [4.69, 9.17) is 4.74 Å². The van der Waals surface area contributed by atoms with Gasteiger partial charge in [0.2, 0.25) is 0 Å². The van der Waals surface area contributed by atoms with E-state index in [1.54, 1.807) is 6.92 Å². The number of carbonyl (C=O) groups excluding carboxylic acids is 2. The van der Waals surface area contributed by atoms with Gasteiger partial charge in [0.1, 0.15) is 0 Å². The summed E-state index contributed by atoms with van der Waals surface area (Å²) in [6, 6.07) is 7.92. The standard InChI is InChI=1S/C20H29NO3/c1-13-8-10-17(11-9-13)12-19(22)24-16(4)20(23)21-18-7-5-6-14(2)15(18)3/h8-11,14-16,18H,5-7,12H2,1-4H3,(H,21,23)/t14-,15-,16-,18-/m0/s1. The number of esters is 1. The molecule has 24 heavy (non-hydrogen) atoms. The molecule has 0 aromatic heterocycles. The van der Waals surface area contributed by atoms with Crippen molar-refractivity contribution in [3.8, 4) is 0 Å². The average molecular weight is 331 g/mol. The topological polar surface area (TPSA) is 55.4 Å². The largest absolute Gasteiger partial charge is 0.452 e. The van der Waals surface area contributed by atoms with Crippen LogP contribution >= 0.6 is 0 Å². The molecule has 132 valence electrons. The fourth-order valence-electron chi connectivity index (χ4n) is 3.25. The van der Waals surface area contributed by atoms with Crippen LogP contribution in [0.5, 0.6) is 0 Å². The molecule has 1 aromatic carbocycles. The van der Waals surface area contributed by atoms with Crippen molar-refractivity contribution in [2.75, 3.05) is 0 Å². The molecule has 1 saturated carbocycles. The number of hydrogen-bond donors (Lipinski definition) is 1. The van der Waals surface area contributed by atoms with Crippen LogP contribution in [0.3, 0.4) is 0 Å². The second kappa shape index (κ2) is 8.32. The van der Waals surface area contributed by atoms with Crippen molar-refractivity contribution in [3.63, 3.8) is 0 Å². The number of amides is 1. The fourth-order valence-corrected chi connectivity index (χ4v) is 3.25. The van der Waals surface area contributed by atoms with E-state index in [0.717, 1.165) is 24.0 Å². The first kappa shape index (κ1) is 18.5. The van der Waals surface area contributed by atoms with Crippen LogP contribution in [0.4, 0.5) is 0 Å². The number of hydrogen-bond acceptors (Lipinski definition) is 3. The van der Waals surface area contributed by atoms with Crippen molar-refractivity contribution in [1.29, 1.82) is 0 Å². The molecule has 0 heterocycles. The molecule has 4 nitrogen and oxygen atoms in total. The Kier molecular flexibility index (Phi) is 6.41. The quantitative estimate of drug-likeness (QED) is 0.841. The Bertz CT molecular complexity index is 567. The van der Waals surface area contributed by atoms with Crippen LogP contribution in [0.1, 0.15) is 51.2 Å². The molecule has 1 amide bonds. The summed E-state index contributed by atoms with van der Waals surface area (Å²) < 4.78 is 5.30. The highest BCUT2D eigenvalue weighted by atomic mass is 16.5. The molecule has 1 aromatic rings. The molecule has 4 atom stereocenters. The number of nitrogens with one attached hydrogen (secondary N) is 1. The zero-order valence-electron chi connectivity index (χ0n) is 15.2. The van der Waals surface area contributed by atoms with Gasteiger partial charge in [-0.3, -0.25) is 9.59 Å². The summed E-state index contributed by atoms with van der Waals surface area (Å²) in [4.78, 5) is 24.3. The van der Waals surface area contributed by atoms with Gasteiger partial charge >= 0.3 is 5.97 Å². The van der Waals surface area contributed by atoms with E-state index in [9.17, 15) is 9.59 Å². The molecular weight excluding hydrogens is 302 g/mol. The lowest BCUT2D eigenvalue weighted by Crippen LogP contribution is -2.47. The lowest BCUT2D eigenvalue weighted by molar-refractivity contribution is -0.154. The highest BCUT2D eigenvalue weighted by Gasteiger charge is 2.30. The zero-order chi connectivity index (χ0) is 17.7. The summed E-state index contributed by atoms with van der Waals surface area (Å²) in [5, 5.41) is 3.06. The van der Waals surface area contributed by atoms with Crippen molar-refractivity contribution < 1.29 is 14.3 Å². The Balaban J connectivity index is 1.82. The van der Waals surface area contributed by atoms with Gasteiger partial charge in [-0.25, -0.2) is 0 Å². The van der Waals surface area contributed by atoms with Gasteiger partial charge in [0.05, 0.1) is 6.42 Å². The number of aryl methyl sites for hydroxylation is 1. The van der Waals surface area contributed by atoms with Gasteiger partial charge < -0.3 is 10.1 Å². The van der Waals surface area contributed by atoms with Gasteiger partial charge in [0.15, 0.2) is 6.10 Å². The first-order valence-electron chi connectivity index (χ1n) is 8.92. The predicted octanol–water partition coefficient (Wildman–Crippen LogP) is 3.41. The normalized spacial score (nSPS) is 24.9. The molecule has 0 unspecified atom stereocenters.